The van der Waals surface area contributed by atoms with Crippen molar-refractivity contribution < 1.29 is 4.39 Å². The van der Waals surface area contributed by atoms with Gasteiger partial charge >= 0.3 is 0 Å². The fourth-order valence-electron chi connectivity index (χ4n) is 1.82. The topological polar surface area (TPSA) is 47.7 Å². The van der Waals surface area contributed by atoms with Crippen LogP contribution < -0.4 is 5.32 Å². The van der Waals surface area contributed by atoms with E-state index < -0.39 is 0 Å². The van der Waals surface area contributed by atoms with Gasteiger partial charge in [-0.05, 0) is 19.1 Å². The monoisotopic (exact) mass is 251 g/mol. The fraction of sp³-hybridized carbons (Fsp3) is 0.500. The van der Waals surface area contributed by atoms with Crippen LogP contribution in [0.2, 0.25) is 0 Å². The highest BCUT2D eigenvalue weighted by Gasteiger charge is 2.02. The Kier molecular flexibility index (Phi) is 4.46. The van der Waals surface area contributed by atoms with E-state index in [1.54, 1.807) is 17.1 Å². The van der Waals surface area contributed by atoms with Crippen LogP contribution in [0.4, 0.5) is 4.39 Å². The fourth-order valence-corrected chi connectivity index (χ4v) is 1.82. The first-order valence-corrected chi connectivity index (χ1v) is 6.13. The molecule has 0 spiro atoms. The molecule has 0 amide bonds. The van der Waals surface area contributed by atoms with Gasteiger partial charge in [-0.1, -0.05) is 0 Å². The van der Waals surface area contributed by atoms with Crippen LogP contribution >= 0.6 is 0 Å². The van der Waals surface area contributed by atoms with Crippen LogP contribution in [0.1, 0.15) is 18.3 Å². The van der Waals surface area contributed by atoms with Gasteiger partial charge in [-0.25, -0.2) is 4.39 Å². The summed E-state index contributed by atoms with van der Waals surface area (Å²) in [6.45, 7) is 4.30. The molecule has 2 heterocycles. The Balaban J connectivity index is 1.81. The number of halogens is 1. The highest BCUT2D eigenvalue weighted by atomic mass is 19.1. The molecule has 0 aliphatic heterocycles. The minimum atomic E-state index is -0.385. The van der Waals surface area contributed by atoms with Crippen molar-refractivity contribution >= 4 is 0 Å². The molecule has 98 valence electrons. The van der Waals surface area contributed by atoms with Crippen LogP contribution in [0.15, 0.2) is 24.5 Å². The average molecular weight is 251 g/mol. The van der Waals surface area contributed by atoms with Gasteiger partial charge in [0.25, 0.3) is 0 Å². The normalized spacial score (nSPS) is 11.0. The predicted molar refractivity (Wildman–Crippen MR) is 66.6 cm³/mol. The van der Waals surface area contributed by atoms with Crippen molar-refractivity contribution in [2.75, 3.05) is 6.67 Å². The molecule has 0 atom stereocenters. The zero-order chi connectivity index (χ0) is 12.8. The number of hydrogen-bond acceptors (Lipinski definition) is 3. The molecule has 2 aromatic heterocycles. The molecule has 0 radical (unpaired) electrons. The SMILES string of the molecule is CCn1nccc1CNCc1ccn(CCF)n1. The first kappa shape index (κ1) is 12.8. The number of aryl methyl sites for hydroxylation is 2. The van der Waals surface area contributed by atoms with Crippen molar-refractivity contribution in [2.24, 2.45) is 0 Å². The molecule has 18 heavy (non-hydrogen) atoms. The Hall–Kier alpha value is -1.69. The summed E-state index contributed by atoms with van der Waals surface area (Å²) in [5.41, 5.74) is 2.08. The summed E-state index contributed by atoms with van der Waals surface area (Å²) in [5.74, 6) is 0. The average Bonchev–Trinajstić information content (AvgIpc) is 2.99. The highest BCUT2D eigenvalue weighted by molar-refractivity contribution is 5.02. The minimum absolute atomic E-state index is 0.322. The third kappa shape index (κ3) is 3.16. The van der Waals surface area contributed by atoms with Crippen LogP contribution in [-0.4, -0.2) is 26.2 Å². The molecule has 0 bridgehead atoms. The summed E-state index contributed by atoms with van der Waals surface area (Å²) in [4.78, 5) is 0. The smallest absolute Gasteiger partial charge is 0.109 e. The zero-order valence-corrected chi connectivity index (χ0v) is 10.5. The third-order valence-electron chi connectivity index (χ3n) is 2.73. The summed E-state index contributed by atoms with van der Waals surface area (Å²) in [6.07, 6.45) is 3.60. The lowest BCUT2D eigenvalue weighted by atomic mass is 10.4. The number of nitrogens with one attached hydrogen (secondary N) is 1. The van der Waals surface area contributed by atoms with Crippen molar-refractivity contribution in [3.8, 4) is 0 Å². The standard InChI is InChI=1S/C12H18FN5/c1-2-18-12(3-6-15-18)10-14-9-11-4-7-17(16-11)8-5-13/h3-4,6-7,14H,2,5,8-10H2,1H3. The van der Waals surface area contributed by atoms with E-state index in [4.69, 9.17) is 0 Å². The van der Waals surface area contributed by atoms with Gasteiger partial charge in [0.1, 0.15) is 6.67 Å². The molecule has 0 saturated heterocycles. The largest absolute Gasteiger partial charge is 0.305 e. The van der Waals surface area contributed by atoms with Gasteiger partial charge in [-0.2, -0.15) is 10.2 Å². The van der Waals surface area contributed by atoms with Gasteiger partial charge < -0.3 is 5.32 Å². The van der Waals surface area contributed by atoms with Crippen LogP contribution in [0, 0.1) is 0 Å². The van der Waals surface area contributed by atoms with E-state index in [9.17, 15) is 4.39 Å². The minimum Gasteiger partial charge on any atom is -0.305 e. The maximum Gasteiger partial charge on any atom is 0.109 e. The Labute approximate surface area is 106 Å². The van der Waals surface area contributed by atoms with E-state index in [1.165, 1.54) is 0 Å². The second-order valence-electron chi connectivity index (χ2n) is 4.00. The van der Waals surface area contributed by atoms with Gasteiger partial charge in [0.05, 0.1) is 17.9 Å². The molecule has 6 heteroatoms. The second kappa shape index (κ2) is 6.30. The molecular weight excluding hydrogens is 233 g/mol. The van der Waals surface area contributed by atoms with Crippen LogP contribution in [0.25, 0.3) is 0 Å². The molecule has 0 saturated carbocycles. The van der Waals surface area contributed by atoms with Gasteiger partial charge in [-0.15, -0.1) is 0 Å². The summed E-state index contributed by atoms with van der Waals surface area (Å²) >= 11 is 0. The van der Waals surface area contributed by atoms with Crippen LogP contribution in [0.5, 0.6) is 0 Å². The third-order valence-corrected chi connectivity index (χ3v) is 2.73. The molecule has 2 rings (SSSR count). The molecule has 0 unspecified atom stereocenters. The first-order valence-electron chi connectivity index (χ1n) is 6.13. The van der Waals surface area contributed by atoms with Crippen molar-refractivity contribution in [3.63, 3.8) is 0 Å². The van der Waals surface area contributed by atoms with Gasteiger partial charge in [-0.3, -0.25) is 9.36 Å². The molecule has 0 aliphatic carbocycles. The lowest BCUT2D eigenvalue weighted by molar-refractivity contribution is 0.425. The van der Waals surface area contributed by atoms with Gasteiger partial charge in [0.15, 0.2) is 0 Å². The zero-order valence-electron chi connectivity index (χ0n) is 10.5. The second-order valence-corrected chi connectivity index (χ2v) is 4.00. The lowest BCUT2D eigenvalue weighted by Crippen LogP contribution is -2.16. The van der Waals surface area contributed by atoms with E-state index in [0.717, 1.165) is 24.5 Å². The van der Waals surface area contributed by atoms with Crippen molar-refractivity contribution in [3.05, 3.63) is 35.9 Å². The molecule has 2 aromatic rings. The summed E-state index contributed by atoms with van der Waals surface area (Å²) in [7, 11) is 0. The van der Waals surface area contributed by atoms with E-state index in [0.29, 0.717) is 13.1 Å². The summed E-state index contributed by atoms with van der Waals surface area (Å²) in [6, 6.07) is 3.90. The Morgan fingerprint density at radius 2 is 2.22 bits per heavy atom. The Morgan fingerprint density at radius 1 is 1.33 bits per heavy atom. The van der Waals surface area contributed by atoms with Crippen molar-refractivity contribution in [1.29, 1.82) is 0 Å². The molecule has 0 aromatic carbocycles. The first-order chi connectivity index (χ1) is 8.83. The summed E-state index contributed by atoms with van der Waals surface area (Å²) < 4.78 is 15.7. The molecule has 1 N–H and O–H groups in total. The molecule has 5 nitrogen and oxygen atoms in total. The number of alkyl halides is 1. The van der Waals surface area contributed by atoms with E-state index in [1.807, 2.05) is 16.8 Å². The number of aromatic nitrogens is 4. The van der Waals surface area contributed by atoms with Crippen molar-refractivity contribution in [1.82, 2.24) is 24.9 Å². The van der Waals surface area contributed by atoms with Gasteiger partial charge in [0.2, 0.25) is 0 Å². The lowest BCUT2D eigenvalue weighted by Gasteiger charge is -2.05. The van der Waals surface area contributed by atoms with Crippen molar-refractivity contribution in [2.45, 2.75) is 33.1 Å². The van der Waals surface area contributed by atoms with E-state index in [-0.39, 0.29) is 6.67 Å². The van der Waals surface area contributed by atoms with E-state index >= 15 is 0 Å². The maximum absolute atomic E-state index is 12.1. The maximum atomic E-state index is 12.1. The predicted octanol–water partition coefficient (Wildman–Crippen LogP) is 1.36. The molecular formula is C12H18FN5. The molecule has 0 aliphatic rings. The quantitative estimate of drug-likeness (QED) is 0.808. The van der Waals surface area contributed by atoms with Gasteiger partial charge in [0, 0.05) is 32.0 Å². The van der Waals surface area contributed by atoms with E-state index in [2.05, 4.69) is 22.4 Å². The highest BCUT2D eigenvalue weighted by Crippen LogP contribution is 2.00. The van der Waals surface area contributed by atoms with Crippen LogP contribution in [-0.2, 0) is 26.2 Å². The number of nitrogens with zero attached hydrogens (tertiary/aromatic N) is 4. The van der Waals surface area contributed by atoms with Crippen LogP contribution in [0.3, 0.4) is 0 Å². The molecule has 0 fully saturated rings. The number of hydrogen-bond donors (Lipinski definition) is 1. The Morgan fingerprint density at radius 3 is 3.00 bits per heavy atom. The summed E-state index contributed by atoms with van der Waals surface area (Å²) in [5, 5.41) is 11.8. The number of rotatable bonds is 7. The Bertz CT molecular complexity index is 476.